The number of aliphatic hydroxyl groups excluding tert-OH is 1. The molecule has 1 aromatic rings. The average Bonchev–Trinajstić information content (AvgIpc) is 2.31. The van der Waals surface area contributed by atoms with Crippen molar-refractivity contribution in [3.8, 4) is 0 Å². The number of hydrogen-bond donors (Lipinski definition) is 1. The second kappa shape index (κ2) is 6.02. The first-order valence-corrected chi connectivity index (χ1v) is 6.75. The SMILES string of the molecule is Cc1cc(N(CCCO)C2CCC2)cc([N+](=O)[O-])c1. The maximum absolute atomic E-state index is 10.9. The molecule has 0 aliphatic heterocycles. The molecule has 1 fully saturated rings. The minimum absolute atomic E-state index is 0.142. The average molecular weight is 264 g/mol. The summed E-state index contributed by atoms with van der Waals surface area (Å²) >= 11 is 0. The van der Waals surface area contributed by atoms with E-state index in [9.17, 15) is 10.1 Å². The highest BCUT2D eigenvalue weighted by Gasteiger charge is 2.26. The second-order valence-corrected chi connectivity index (χ2v) is 5.14. The summed E-state index contributed by atoms with van der Waals surface area (Å²) in [6, 6.07) is 5.69. The van der Waals surface area contributed by atoms with Crippen molar-refractivity contribution < 1.29 is 10.0 Å². The highest BCUT2D eigenvalue weighted by atomic mass is 16.6. The van der Waals surface area contributed by atoms with Crippen LogP contribution in [0.3, 0.4) is 0 Å². The maximum atomic E-state index is 10.9. The first-order valence-electron chi connectivity index (χ1n) is 6.75. The Morgan fingerprint density at radius 2 is 2.16 bits per heavy atom. The van der Waals surface area contributed by atoms with Crippen LogP contribution in [0.2, 0.25) is 0 Å². The number of nitro benzene ring substituents is 1. The Balaban J connectivity index is 2.26. The number of hydrogen-bond acceptors (Lipinski definition) is 4. The van der Waals surface area contributed by atoms with Gasteiger partial charge in [-0.1, -0.05) is 0 Å². The lowest BCUT2D eigenvalue weighted by atomic mass is 9.90. The van der Waals surface area contributed by atoms with Crippen molar-refractivity contribution in [3.63, 3.8) is 0 Å². The molecular formula is C14H20N2O3. The molecule has 5 nitrogen and oxygen atoms in total. The van der Waals surface area contributed by atoms with Crippen molar-refractivity contribution in [3.05, 3.63) is 33.9 Å². The van der Waals surface area contributed by atoms with Gasteiger partial charge in [-0.3, -0.25) is 10.1 Å². The highest BCUT2D eigenvalue weighted by molar-refractivity contribution is 5.56. The Morgan fingerprint density at radius 3 is 2.68 bits per heavy atom. The van der Waals surface area contributed by atoms with Crippen LogP contribution in [0, 0.1) is 17.0 Å². The van der Waals surface area contributed by atoms with Crippen LogP contribution in [0.4, 0.5) is 11.4 Å². The summed E-state index contributed by atoms with van der Waals surface area (Å²) in [5.41, 5.74) is 1.95. The van der Waals surface area contributed by atoms with Crippen LogP contribution in [-0.2, 0) is 0 Å². The van der Waals surface area contributed by atoms with Gasteiger partial charge in [-0.15, -0.1) is 0 Å². The third-order valence-electron chi connectivity index (χ3n) is 3.66. The fourth-order valence-corrected chi connectivity index (χ4v) is 2.48. The third-order valence-corrected chi connectivity index (χ3v) is 3.66. The molecule has 0 amide bonds. The molecule has 0 aromatic heterocycles. The molecule has 0 radical (unpaired) electrons. The van der Waals surface area contributed by atoms with Gasteiger partial charge in [0.15, 0.2) is 0 Å². The molecule has 1 saturated carbocycles. The predicted octanol–water partition coefficient (Wildman–Crippen LogP) is 2.64. The van der Waals surface area contributed by atoms with Crippen LogP contribution < -0.4 is 4.90 Å². The number of rotatable bonds is 6. The number of aliphatic hydroxyl groups is 1. The first-order chi connectivity index (χ1) is 9.11. The second-order valence-electron chi connectivity index (χ2n) is 5.14. The van der Waals surface area contributed by atoms with Crippen molar-refractivity contribution in [2.45, 2.75) is 38.6 Å². The Kier molecular flexibility index (Phi) is 4.37. The van der Waals surface area contributed by atoms with Gasteiger partial charge in [0.1, 0.15) is 0 Å². The van der Waals surface area contributed by atoms with Crippen molar-refractivity contribution in [2.75, 3.05) is 18.1 Å². The highest BCUT2D eigenvalue weighted by Crippen LogP contribution is 2.32. The van der Waals surface area contributed by atoms with Crippen LogP contribution in [0.15, 0.2) is 18.2 Å². The van der Waals surface area contributed by atoms with Gasteiger partial charge in [-0.2, -0.15) is 0 Å². The van der Waals surface area contributed by atoms with Gasteiger partial charge in [-0.05, 0) is 44.2 Å². The quantitative estimate of drug-likeness (QED) is 0.633. The monoisotopic (exact) mass is 264 g/mol. The third kappa shape index (κ3) is 3.23. The lowest BCUT2D eigenvalue weighted by Gasteiger charge is -2.39. The minimum atomic E-state index is -0.346. The summed E-state index contributed by atoms with van der Waals surface area (Å²) in [5, 5.41) is 19.9. The molecule has 0 unspecified atom stereocenters. The molecule has 0 bridgehead atoms. The molecule has 0 atom stereocenters. The molecule has 1 aromatic carbocycles. The van der Waals surface area contributed by atoms with E-state index in [1.54, 1.807) is 12.1 Å². The fraction of sp³-hybridized carbons (Fsp3) is 0.571. The van der Waals surface area contributed by atoms with E-state index < -0.39 is 0 Å². The van der Waals surface area contributed by atoms with Gasteiger partial charge in [0.05, 0.1) is 4.92 Å². The molecule has 104 valence electrons. The van der Waals surface area contributed by atoms with Crippen LogP contribution in [0.25, 0.3) is 0 Å². The molecular weight excluding hydrogens is 244 g/mol. The van der Waals surface area contributed by atoms with E-state index in [-0.39, 0.29) is 17.2 Å². The lowest BCUT2D eigenvalue weighted by Crippen LogP contribution is -2.41. The summed E-state index contributed by atoms with van der Waals surface area (Å²) in [7, 11) is 0. The zero-order valence-electron chi connectivity index (χ0n) is 11.2. The van der Waals surface area contributed by atoms with Crippen molar-refractivity contribution in [2.24, 2.45) is 0 Å². The summed E-state index contributed by atoms with van der Waals surface area (Å²) in [5.74, 6) is 0. The zero-order valence-corrected chi connectivity index (χ0v) is 11.2. The van der Waals surface area contributed by atoms with Gasteiger partial charge in [0.2, 0.25) is 0 Å². The van der Waals surface area contributed by atoms with Gasteiger partial charge < -0.3 is 10.0 Å². The molecule has 0 heterocycles. The number of anilines is 1. The van der Waals surface area contributed by atoms with Crippen molar-refractivity contribution >= 4 is 11.4 Å². The molecule has 1 aliphatic carbocycles. The van der Waals surface area contributed by atoms with Gasteiger partial charge in [0.25, 0.3) is 5.69 Å². The Bertz CT molecular complexity index is 458. The Hall–Kier alpha value is -1.62. The first kappa shape index (κ1) is 13.8. The van der Waals surface area contributed by atoms with Crippen LogP contribution in [0.5, 0.6) is 0 Å². The number of nitro groups is 1. The van der Waals surface area contributed by atoms with Gasteiger partial charge >= 0.3 is 0 Å². The standard InChI is InChI=1S/C14H20N2O3/c1-11-8-13(10-14(9-11)16(18)19)15(6-3-7-17)12-4-2-5-12/h8-10,12,17H,2-7H2,1H3. The van der Waals surface area contributed by atoms with E-state index in [1.807, 2.05) is 13.0 Å². The summed E-state index contributed by atoms with van der Waals surface area (Å²) < 4.78 is 0. The smallest absolute Gasteiger partial charge is 0.271 e. The van der Waals surface area contributed by atoms with E-state index in [4.69, 9.17) is 5.11 Å². The summed E-state index contributed by atoms with van der Waals surface area (Å²) in [4.78, 5) is 12.8. The zero-order chi connectivity index (χ0) is 13.8. The molecule has 0 saturated heterocycles. The summed E-state index contributed by atoms with van der Waals surface area (Å²) in [6.45, 7) is 2.78. The van der Waals surface area contributed by atoms with Crippen molar-refractivity contribution in [1.82, 2.24) is 0 Å². The van der Waals surface area contributed by atoms with E-state index >= 15 is 0 Å². The number of aryl methyl sites for hydroxylation is 1. The topological polar surface area (TPSA) is 66.6 Å². The van der Waals surface area contributed by atoms with Gasteiger partial charge in [0, 0.05) is 37.0 Å². The van der Waals surface area contributed by atoms with E-state index in [0.717, 1.165) is 30.6 Å². The van der Waals surface area contributed by atoms with Gasteiger partial charge in [-0.25, -0.2) is 0 Å². The molecule has 5 heteroatoms. The van der Waals surface area contributed by atoms with Crippen LogP contribution >= 0.6 is 0 Å². The fourth-order valence-electron chi connectivity index (χ4n) is 2.48. The van der Waals surface area contributed by atoms with Crippen molar-refractivity contribution in [1.29, 1.82) is 0 Å². The molecule has 1 aliphatic rings. The maximum Gasteiger partial charge on any atom is 0.271 e. The Morgan fingerprint density at radius 1 is 1.42 bits per heavy atom. The molecule has 0 spiro atoms. The number of non-ortho nitro benzene ring substituents is 1. The van der Waals surface area contributed by atoms with E-state index in [0.29, 0.717) is 12.5 Å². The molecule has 19 heavy (non-hydrogen) atoms. The molecule has 1 N–H and O–H groups in total. The predicted molar refractivity (Wildman–Crippen MR) is 74.5 cm³/mol. The number of nitrogens with zero attached hydrogens (tertiary/aromatic N) is 2. The van der Waals surface area contributed by atoms with E-state index in [1.165, 1.54) is 6.42 Å². The lowest BCUT2D eigenvalue weighted by molar-refractivity contribution is -0.384. The Labute approximate surface area is 113 Å². The largest absolute Gasteiger partial charge is 0.396 e. The van der Waals surface area contributed by atoms with Crippen LogP contribution in [0.1, 0.15) is 31.2 Å². The van der Waals surface area contributed by atoms with E-state index in [2.05, 4.69) is 4.90 Å². The minimum Gasteiger partial charge on any atom is -0.396 e. The van der Waals surface area contributed by atoms with Crippen LogP contribution in [-0.4, -0.2) is 29.2 Å². The summed E-state index contributed by atoms with van der Waals surface area (Å²) in [6.07, 6.45) is 4.17. The normalized spacial score (nSPS) is 15.1. The number of benzene rings is 1. The molecule has 2 rings (SSSR count).